The van der Waals surface area contributed by atoms with E-state index in [1.807, 2.05) is 24.3 Å². The third-order valence-corrected chi connectivity index (χ3v) is 6.39. The van der Waals surface area contributed by atoms with E-state index < -0.39 is 5.91 Å². The summed E-state index contributed by atoms with van der Waals surface area (Å²) in [5.41, 5.74) is 8.23. The Labute approximate surface area is 178 Å². The zero-order valence-electron chi connectivity index (χ0n) is 16.4. The summed E-state index contributed by atoms with van der Waals surface area (Å²) in [4.78, 5) is 27.5. The highest BCUT2D eigenvalue weighted by molar-refractivity contribution is 9.10. The number of nitrogens with two attached hydrogens (primary N) is 1. The standard InChI is InChI=1S/C23H24BrN3O2/c1-26-19-14-17(24)9-10-18(19)21(20(22(25)28)23(26)29)27-12-5-8-16(11-13-27)15-6-3-2-4-7-15/h2-4,6-7,9-10,14,16H,5,8,11-13H2,1H3,(H2,25,28). The molecule has 0 aliphatic carbocycles. The van der Waals surface area contributed by atoms with Crippen LogP contribution in [0.15, 0.2) is 57.8 Å². The summed E-state index contributed by atoms with van der Waals surface area (Å²) in [6, 6.07) is 16.4. The van der Waals surface area contributed by atoms with Gasteiger partial charge in [0, 0.05) is 30.0 Å². The number of nitrogens with zero attached hydrogens (tertiary/aromatic N) is 2. The first kappa shape index (κ1) is 19.7. The summed E-state index contributed by atoms with van der Waals surface area (Å²) in [7, 11) is 1.68. The largest absolute Gasteiger partial charge is 0.370 e. The maximum Gasteiger partial charge on any atom is 0.265 e. The molecule has 1 fully saturated rings. The van der Waals surface area contributed by atoms with Crippen LogP contribution in [-0.4, -0.2) is 23.6 Å². The van der Waals surface area contributed by atoms with E-state index in [1.54, 1.807) is 7.05 Å². The van der Waals surface area contributed by atoms with Gasteiger partial charge in [-0.3, -0.25) is 9.59 Å². The Morgan fingerprint density at radius 1 is 1.10 bits per heavy atom. The van der Waals surface area contributed by atoms with Crippen molar-refractivity contribution in [2.75, 3.05) is 18.0 Å². The van der Waals surface area contributed by atoms with Crippen LogP contribution >= 0.6 is 15.9 Å². The molecule has 1 atom stereocenters. The summed E-state index contributed by atoms with van der Waals surface area (Å²) in [5.74, 6) is -0.195. The fraction of sp³-hybridized carbons (Fsp3) is 0.304. The molecule has 29 heavy (non-hydrogen) atoms. The number of carbonyl (C=O) groups is 1. The van der Waals surface area contributed by atoms with Gasteiger partial charge >= 0.3 is 0 Å². The molecular weight excluding hydrogens is 430 g/mol. The zero-order chi connectivity index (χ0) is 20.5. The molecule has 1 aliphatic heterocycles. The highest BCUT2D eigenvalue weighted by Crippen LogP contribution is 2.35. The summed E-state index contributed by atoms with van der Waals surface area (Å²) in [6.07, 6.45) is 3.04. The van der Waals surface area contributed by atoms with Crippen molar-refractivity contribution in [2.45, 2.75) is 25.2 Å². The molecule has 1 aliphatic rings. The van der Waals surface area contributed by atoms with Crippen LogP contribution in [0.5, 0.6) is 0 Å². The van der Waals surface area contributed by atoms with Crippen LogP contribution in [-0.2, 0) is 7.05 Å². The van der Waals surface area contributed by atoms with Crippen molar-refractivity contribution in [1.29, 1.82) is 0 Å². The molecule has 1 unspecified atom stereocenters. The number of halogens is 1. The lowest BCUT2D eigenvalue weighted by Crippen LogP contribution is -2.35. The second-order valence-electron chi connectivity index (χ2n) is 7.64. The Morgan fingerprint density at radius 2 is 1.86 bits per heavy atom. The maximum atomic E-state index is 13.0. The minimum absolute atomic E-state index is 0.0838. The Kier molecular flexibility index (Phi) is 5.46. The van der Waals surface area contributed by atoms with Crippen LogP contribution in [0.1, 0.15) is 41.1 Å². The molecule has 2 heterocycles. The number of carbonyl (C=O) groups excluding carboxylic acids is 1. The molecule has 0 saturated carbocycles. The van der Waals surface area contributed by atoms with Crippen LogP contribution < -0.4 is 16.2 Å². The molecule has 3 aromatic rings. The van der Waals surface area contributed by atoms with Crippen molar-refractivity contribution in [2.24, 2.45) is 12.8 Å². The first-order valence-electron chi connectivity index (χ1n) is 9.89. The van der Waals surface area contributed by atoms with E-state index in [9.17, 15) is 9.59 Å². The molecule has 2 N–H and O–H groups in total. The number of amides is 1. The lowest BCUT2D eigenvalue weighted by Gasteiger charge is -2.27. The van der Waals surface area contributed by atoms with E-state index in [-0.39, 0.29) is 11.1 Å². The van der Waals surface area contributed by atoms with Gasteiger partial charge in [-0.05, 0) is 48.9 Å². The van der Waals surface area contributed by atoms with Crippen LogP contribution in [0, 0.1) is 0 Å². The summed E-state index contributed by atoms with van der Waals surface area (Å²) in [6.45, 7) is 1.57. The number of hydrogen-bond donors (Lipinski definition) is 1. The van der Waals surface area contributed by atoms with Crippen LogP contribution in [0.2, 0.25) is 0 Å². The summed E-state index contributed by atoms with van der Waals surface area (Å²) < 4.78 is 2.40. The number of anilines is 1. The SMILES string of the molecule is Cn1c(=O)c(C(N)=O)c(N2CCCC(c3ccccc3)CC2)c2ccc(Br)cc21. The lowest BCUT2D eigenvalue weighted by molar-refractivity contribution is 0.0999. The minimum Gasteiger partial charge on any atom is -0.370 e. The van der Waals surface area contributed by atoms with Crippen molar-refractivity contribution in [3.8, 4) is 0 Å². The van der Waals surface area contributed by atoms with Gasteiger partial charge in [0.1, 0.15) is 5.56 Å². The fourth-order valence-electron chi connectivity index (χ4n) is 4.42. The van der Waals surface area contributed by atoms with E-state index in [0.717, 1.165) is 47.7 Å². The number of benzene rings is 2. The molecule has 0 bridgehead atoms. The van der Waals surface area contributed by atoms with Gasteiger partial charge in [0.2, 0.25) is 0 Å². The number of fused-ring (bicyclic) bond motifs is 1. The highest BCUT2D eigenvalue weighted by atomic mass is 79.9. The summed E-state index contributed by atoms with van der Waals surface area (Å²) in [5, 5.41) is 0.877. The molecule has 150 valence electrons. The Morgan fingerprint density at radius 3 is 2.59 bits per heavy atom. The smallest absolute Gasteiger partial charge is 0.265 e. The molecule has 0 radical (unpaired) electrons. The fourth-order valence-corrected chi connectivity index (χ4v) is 4.77. The topological polar surface area (TPSA) is 68.3 Å². The van der Waals surface area contributed by atoms with Gasteiger partial charge in [0.05, 0.1) is 11.2 Å². The number of primary amides is 1. The number of pyridine rings is 1. The maximum absolute atomic E-state index is 13.0. The van der Waals surface area contributed by atoms with Gasteiger partial charge in [-0.2, -0.15) is 0 Å². The number of aromatic nitrogens is 1. The van der Waals surface area contributed by atoms with Gasteiger partial charge in [-0.15, -0.1) is 0 Å². The minimum atomic E-state index is -0.672. The molecule has 1 saturated heterocycles. The summed E-state index contributed by atoms with van der Waals surface area (Å²) >= 11 is 3.48. The average molecular weight is 454 g/mol. The normalized spacial score (nSPS) is 17.3. The Bertz CT molecular complexity index is 1120. The van der Waals surface area contributed by atoms with E-state index in [0.29, 0.717) is 11.6 Å². The third kappa shape index (κ3) is 3.69. The first-order valence-corrected chi connectivity index (χ1v) is 10.7. The van der Waals surface area contributed by atoms with Gasteiger partial charge in [-0.1, -0.05) is 46.3 Å². The van der Waals surface area contributed by atoms with Crippen molar-refractivity contribution in [1.82, 2.24) is 4.57 Å². The second kappa shape index (κ2) is 8.03. The quantitative estimate of drug-likeness (QED) is 0.646. The van der Waals surface area contributed by atoms with Gasteiger partial charge in [0.15, 0.2) is 0 Å². The van der Waals surface area contributed by atoms with Gasteiger partial charge < -0.3 is 15.2 Å². The highest BCUT2D eigenvalue weighted by Gasteiger charge is 2.26. The van der Waals surface area contributed by atoms with Crippen LogP contribution in [0.3, 0.4) is 0 Å². The number of hydrogen-bond acceptors (Lipinski definition) is 3. The number of rotatable bonds is 3. The molecular formula is C23H24BrN3O2. The third-order valence-electron chi connectivity index (χ3n) is 5.89. The Balaban J connectivity index is 1.81. The molecule has 4 rings (SSSR count). The van der Waals surface area contributed by atoms with Gasteiger partial charge in [-0.25, -0.2) is 0 Å². The van der Waals surface area contributed by atoms with Crippen molar-refractivity contribution in [3.63, 3.8) is 0 Å². The Hall–Kier alpha value is -2.60. The molecule has 5 nitrogen and oxygen atoms in total. The van der Waals surface area contributed by atoms with Gasteiger partial charge in [0.25, 0.3) is 11.5 Å². The van der Waals surface area contributed by atoms with E-state index in [4.69, 9.17) is 5.73 Å². The van der Waals surface area contributed by atoms with Crippen molar-refractivity contribution < 1.29 is 4.79 Å². The lowest BCUT2D eigenvalue weighted by atomic mass is 9.92. The second-order valence-corrected chi connectivity index (χ2v) is 8.55. The molecule has 2 aromatic carbocycles. The molecule has 0 spiro atoms. The monoisotopic (exact) mass is 453 g/mol. The van der Waals surface area contributed by atoms with Crippen LogP contribution in [0.4, 0.5) is 5.69 Å². The number of aryl methyl sites for hydroxylation is 1. The van der Waals surface area contributed by atoms with Crippen LogP contribution in [0.25, 0.3) is 10.9 Å². The van der Waals surface area contributed by atoms with E-state index in [2.05, 4.69) is 45.1 Å². The average Bonchev–Trinajstić information content (AvgIpc) is 2.97. The van der Waals surface area contributed by atoms with E-state index in [1.165, 1.54) is 10.1 Å². The molecule has 1 aromatic heterocycles. The van der Waals surface area contributed by atoms with E-state index >= 15 is 0 Å². The molecule has 1 amide bonds. The molecule has 6 heteroatoms. The van der Waals surface area contributed by atoms with Crippen molar-refractivity contribution >= 4 is 38.4 Å². The zero-order valence-corrected chi connectivity index (χ0v) is 18.0. The predicted molar refractivity (Wildman–Crippen MR) is 121 cm³/mol. The first-order chi connectivity index (χ1) is 14.0. The predicted octanol–water partition coefficient (Wildman–Crippen LogP) is 4.17. The van der Waals surface area contributed by atoms with Crippen molar-refractivity contribution in [3.05, 3.63) is 74.5 Å².